The summed E-state index contributed by atoms with van der Waals surface area (Å²) < 4.78 is 5.84. The Labute approximate surface area is 110 Å². The molecule has 0 aromatic carbocycles. The predicted molar refractivity (Wildman–Crippen MR) is 73.3 cm³/mol. The highest BCUT2D eigenvalue weighted by Gasteiger charge is 2.41. The minimum absolute atomic E-state index is 0.0849. The van der Waals surface area contributed by atoms with E-state index in [1.54, 1.807) is 7.11 Å². The van der Waals surface area contributed by atoms with Gasteiger partial charge in [0.1, 0.15) is 0 Å². The van der Waals surface area contributed by atoms with Gasteiger partial charge in [-0.3, -0.25) is 4.98 Å². The summed E-state index contributed by atoms with van der Waals surface area (Å²) in [6, 6.07) is 4.01. The molecule has 0 saturated heterocycles. The lowest BCUT2D eigenvalue weighted by Gasteiger charge is -2.43. The second-order valence-electron chi connectivity index (χ2n) is 5.68. The third-order valence-electron chi connectivity index (χ3n) is 4.26. The fourth-order valence-electron chi connectivity index (χ4n) is 3.11. The molecule has 1 aromatic rings. The van der Waals surface area contributed by atoms with Crippen LogP contribution in [-0.4, -0.2) is 17.7 Å². The van der Waals surface area contributed by atoms with E-state index in [0.717, 1.165) is 24.1 Å². The second-order valence-corrected chi connectivity index (χ2v) is 5.68. The summed E-state index contributed by atoms with van der Waals surface area (Å²) in [7, 11) is 1.79. The predicted octanol–water partition coefficient (Wildman–Crippen LogP) is 2.99. The van der Waals surface area contributed by atoms with Crippen molar-refractivity contribution >= 4 is 0 Å². The summed E-state index contributed by atoms with van der Waals surface area (Å²) in [4.78, 5) is 4.34. The molecular formula is C15H24N2O. The molecule has 0 spiro atoms. The third kappa shape index (κ3) is 2.57. The molecule has 1 heterocycles. The Balaban J connectivity index is 2.23. The first-order valence-electron chi connectivity index (χ1n) is 6.81. The monoisotopic (exact) mass is 248 g/mol. The first-order valence-corrected chi connectivity index (χ1v) is 6.81. The molecule has 1 aliphatic rings. The highest BCUT2D eigenvalue weighted by Crippen LogP contribution is 2.41. The van der Waals surface area contributed by atoms with Crippen LogP contribution < -0.4 is 5.73 Å². The van der Waals surface area contributed by atoms with Gasteiger partial charge in [0.15, 0.2) is 0 Å². The van der Waals surface area contributed by atoms with Crippen LogP contribution in [0.1, 0.15) is 49.9 Å². The average molecular weight is 248 g/mol. The number of nitrogens with zero attached hydrogens (tertiary/aromatic N) is 1. The van der Waals surface area contributed by atoms with E-state index in [1.807, 2.05) is 19.2 Å². The first kappa shape index (κ1) is 13.5. The largest absolute Gasteiger partial charge is 0.376 e. The van der Waals surface area contributed by atoms with Crippen LogP contribution >= 0.6 is 0 Å². The van der Waals surface area contributed by atoms with Gasteiger partial charge in [-0.05, 0) is 37.3 Å². The van der Waals surface area contributed by atoms with Crippen molar-refractivity contribution in [3.8, 4) is 0 Å². The third-order valence-corrected chi connectivity index (χ3v) is 4.26. The van der Waals surface area contributed by atoms with Crippen LogP contribution in [0.4, 0.5) is 0 Å². The van der Waals surface area contributed by atoms with Crippen LogP contribution in [0.15, 0.2) is 18.3 Å². The Kier molecular flexibility index (Phi) is 4.03. The highest BCUT2D eigenvalue weighted by molar-refractivity contribution is 5.21. The Morgan fingerprint density at radius 2 is 2.28 bits per heavy atom. The first-order chi connectivity index (χ1) is 8.57. The molecule has 0 amide bonds. The highest BCUT2D eigenvalue weighted by atomic mass is 16.5. The van der Waals surface area contributed by atoms with E-state index < -0.39 is 0 Å². The van der Waals surface area contributed by atoms with E-state index in [-0.39, 0.29) is 11.6 Å². The number of rotatable bonds is 3. The van der Waals surface area contributed by atoms with Crippen LogP contribution in [0, 0.1) is 12.8 Å². The van der Waals surface area contributed by atoms with Gasteiger partial charge in [0.05, 0.1) is 11.6 Å². The standard InChI is InChI=1S/C15H24N2O/c1-11-5-4-8-15(9-11,18-3)14(16)13-7-6-12(2)17-10-13/h6-7,10-11,14H,4-5,8-9,16H2,1-3H3. The molecule has 1 aromatic heterocycles. The fourth-order valence-corrected chi connectivity index (χ4v) is 3.11. The molecule has 100 valence electrons. The molecule has 3 nitrogen and oxygen atoms in total. The zero-order chi connectivity index (χ0) is 13.2. The summed E-state index contributed by atoms with van der Waals surface area (Å²) in [5, 5.41) is 0. The van der Waals surface area contributed by atoms with Gasteiger partial charge < -0.3 is 10.5 Å². The second kappa shape index (κ2) is 5.37. The summed E-state index contributed by atoms with van der Waals surface area (Å²) in [6.07, 6.45) is 6.45. The molecule has 0 radical (unpaired) electrons. The Bertz CT molecular complexity index is 390. The molecule has 2 rings (SSSR count). The minimum atomic E-state index is -0.214. The van der Waals surface area contributed by atoms with Crippen LogP contribution in [0.25, 0.3) is 0 Å². The van der Waals surface area contributed by atoms with E-state index in [2.05, 4.69) is 18.0 Å². The van der Waals surface area contributed by atoms with E-state index in [0.29, 0.717) is 5.92 Å². The lowest BCUT2D eigenvalue weighted by atomic mass is 9.73. The van der Waals surface area contributed by atoms with Crippen molar-refractivity contribution in [2.24, 2.45) is 11.7 Å². The van der Waals surface area contributed by atoms with Crippen LogP contribution in [0.3, 0.4) is 0 Å². The van der Waals surface area contributed by atoms with Gasteiger partial charge in [-0.2, -0.15) is 0 Å². The molecular weight excluding hydrogens is 224 g/mol. The minimum Gasteiger partial charge on any atom is -0.376 e. The lowest BCUT2D eigenvalue weighted by Crippen LogP contribution is -2.46. The van der Waals surface area contributed by atoms with Gasteiger partial charge in [-0.25, -0.2) is 0 Å². The van der Waals surface area contributed by atoms with Crippen molar-refractivity contribution in [3.63, 3.8) is 0 Å². The van der Waals surface area contributed by atoms with Crippen LogP contribution in [0.2, 0.25) is 0 Å². The van der Waals surface area contributed by atoms with Crippen molar-refractivity contribution in [2.75, 3.05) is 7.11 Å². The quantitative estimate of drug-likeness (QED) is 0.894. The van der Waals surface area contributed by atoms with Crippen LogP contribution in [0.5, 0.6) is 0 Å². The molecule has 1 aliphatic carbocycles. The van der Waals surface area contributed by atoms with E-state index in [4.69, 9.17) is 10.5 Å². The zero-order valence-corrected chi connectivity index (χ0v) is 11.6. The van der Waals surface area contributed by atoms with Crippen molar-refractivity contribution in [1.82, 2.24) is 4.98 Å². The maximum atomic E-state index is 6.46. The number of pyridine rings is 1. The number of methoxy groups -OCH3 is 1. The SMILES string of the molecule is COC1(C(N)c2ccc(C)nc2)CCCC(C)C1. The summed E-state index contributed by atoms with van der Waals surface area (Å²) in [5.74, 6) is 0.683. The van der Waals surface area contributed by atoms with Gasteiger partial charge in [-0.1, -0.05) is 25.8 Å². The Morgan fingerprint density at radius 1 is 1.50 bits per heavy atom. The normalized spacial score (nSPS) is 30.1. The lowest BCUT2D eigenvalue weighted by molar-refractivity contribution is -0.0718. The zero-order valence-electron chi connectivity index (χ0n) is 11.6. The van der Waals surface area contributed by atoms with E-state index in [9.17, 15) is 0 Å². The molecule has 3 unspecified atom stereocenters. The van der Waals surface area contributed by atoms with Crippen LogP contribution in [-0.2, 0) is 4.74 Å². The number of aromatic nitrogens is 1. The summed E-state index contributed by atoms with van der Waals surface area (Å²) in [5.41, 5.74) is 8.35. The topological polar surface area (TPSA) is 48.1 Å². The maximum absolute atomic E-state index is 6.46. The van der Waals surface area contributed by atoms with Gasteiger partial charge in [0, 0.05) is 19.0 Å². The average Bonchev–Trinajstić information content (AvgIpc) is 2.38. The number of hydrogen-bond donors (Lipinski definition) is 1. The molecule has 0 aliphatic heterocycles. The number of ether oxygens (including phenoxy) is 1. The molecule has 3 atom stereocenters. The Morgan fingerprint density at radius 3 is 2.83 bits per heavy atom. The fraction of sp³-hybridized carbons (Fsp3) is 0.667. The van der Waals surface area contributed by atoms with Gasteiger partial charge in [0.2, 0.25) is 0 Å². The van der Waals surface area contributed by atoms with E-state index in [1.165, 1.54) is 12.8 Å². The van der Waals surface area contributed by atoms with Crippen molar-refractivity contribution in [3.05, 3.63) is 29.6 Å². The molecule has 0 bridgehead atoms. The molecule has 3 heteroatoms. The summed E-state index contributed by atoms with van der Waals surface area (Å²) >= 11 is 0. The molecule has 1 saturated carbocycles. The number of aryl methyl sites for hydroxylation is 1. The van der Waals surface area contributed by atoms with Gasteiger partial charge in [-0.15, -0.1) is 0 Å². The van der Waals surface area contributed by atoms with Crippen molar-refractivity contribution in [1.29, 1.82) is 0 Å². The van der Waals surface area contributed by atoms with Gasteiger partial charge >= 0.3 is 0 Å². The van der Waals surface area contributed by atoms with Gasteiger partial charge in [0.25, 0.3) is 0 Å². The van der Waals surface area contributed by atoms with Crippen molar-refractivity contribution < 1.29 is 4.74 Å². The smallest absolute Gasteiger partial charge is 0.0873 e. The Hall–Kier alpha value is -0.930. The molecule has 18 heavy (non-hydrogen) atoms. The molecule has 2 N–H and O–H groups in total. The molecule has 1 fully saturated rings. The van der Waals surface area contributed by atoms with E-state index >= 15 is 0 Å². The summed E-state index contributed by atoms with van der Waals surface area (Å²) in [6.45, 7) is 4.27. The number of hydrogen-bond acceptors (Lipinski definition) is 3. The van der Waals surface area contributed by atoms with Crippen molar-refractivity contribution in [2.45, 2.75) is 51.2 Å². The number of nitrogens with two attached hydrogens (primary N) is 1. The maximum Gasteiger partial charge on any atom is 0.0873 e.